The predicted octanol–water partition coefficient (Wildman–Crippen LogP) is 11.3. The van der Waals surface area contributed by atoms with E-state index in [1.54, 1.807) is 36.4 Å². The minimum atomic E-state index is -3.10. The van der Waals surface area contributed by atoms with Crippen molar-refractivity contribution in [1.29, 1.82) is 0 Å². The average molecular weight is 672 g/mol. The maximum atomic E-state index is 9.92. The van der Waals surface area contributed by atoms with Crippen LogP contribution in [0, 0.1) is 6.85 Å². The topological polar surface area (TPSA) is 6.48 Å². The van der Waals surface area contributed by atoms with Gasteiger partial charge in [-0.3, -0.25) is 0 Å². The van der Waals surface area contributed by atoms with Crippen LogP contribution in [0.15, 0.2) is 96.8 Å². The number of anilines is 6. The summed E-state index contributed by atoms with van der Waals surface area (Å²) in [6.45, 7) is 19.1. The largest absolute Gasteiger partial charge is 0.311 e. The van der Waals surface area contributed by atoms with Crippen molar-refractivity contribution in [2.45, 2.75) is 112 Å². The van der Waals surface area contributed by atoms with E-state index in [2.05, 4.69) is 0 Å². The lowest BCUT2D eigenvalue weighted by Gasteiger charge is -2.45. The Morgan fingerprint density at radius 2 is 0.840 bits per heavy atom. The molecule has 2 nitrogen and oxygen atoms in total. The Balaban J connectivity index is 1.83. The fourth-order valence-corrected chi connectivity index (χ4v) is 6.70. The molecule has 0 saturated heterocycles. The number of benzene rings is 5. The van der Waals surface area contributed by atoms with E-state index in [4.69, 9.17) is 4.11 Å². The van der Waals surface area contributed by atoms with Crippen LogP contribution in [0.2, 0.25) is 0 Å². The van der Waals surface area contributed by atoms with E-state index in [-0.39, 0.29) is 87.9 Å². The summed E-state index contributed by atoms with van der Waals surface area (Å²) in [5, 5.41) is 0. The molecule has 0 aromatic heterocycles. The molecule has 0 N–H and O–H groups in total. The molecule has 0 fully saturated rings. The molecule has 0 radical (unpaired) electrons. The van der Waals surface area contributed by atoms with E-state index in [0.717, 1.165) is 0 Å². The van der Waals surface area contributed by atoms with Crippen molar-refractivity contribution in [3.8, 4) is 0 Å². The van der Waals surface area contributed by atoms with E-state index in [0.29, 0.717) is 33.2 Å². The van der Waals surface area contributed by atoms with Crippen LogP contribution in [0.5, 0.6) is 0 Å². The number of hydrogen-bond donors (Lipinski definition) is 0. The highest BCUT2D eigenvalue weighted by Gasteiger charge is 2.44. The van der Waals surface area contributed by atoms with Gasteiger partial charge in [0.15, 0.2) is 0 Å². The fraction of sp³-hybridized carbons (Fsp3) is 0.362. The Morgan fingerprint density at radius 3 is 1.16 bits per heavy atom. The minimum Gasteiger partial charge on any atom is -0.311 e. The Hall–Kier alpha value is -4.24. The molecule has 0 amide bonds. The molecule has 0 aliphatic carbocycles. The molecular formula is C47H55BN2. The molecule has 50 heavy (non-hydrogen) atoms. The summed E-state index contributed by atoms with van der Waals surface area (Å²) < 4.78 is 123. The first-order valence-electron chi connectivity index (χ1n) is 23.9. The molecule has 0 spiro atoms. The smallest absolute Gasteiger partial charge is 0.252 e. The molecule has 0 bridgehead atoms. The Kier molecular flexibility index (Phi) is 4.98. The van der Waals surface area contributed by atoms with Gasteiger partial charge >= 0.3 is 0 Å². The molecule has 5 aromatic rings. The molecule has 2 heterocycles. The molecule has 2 aliphatic rings. The number of fused-ring (bicyclic) bond motifs is 4. The zero-order valence-electron chi connectivity index (χ0n) is 44.4. The van der Waals surface area contributed by atoms with Crippen LogP contribution in [-0.4, -0.2) is 6.71 Å². The lowest BCUT2D eigenvalue weighted by Crippen LogP contribution is -2.61. The minimum absolute atomic E-state index is 0.0553. The average Bonchev–Trinajstić information content (AvgIpc) is 3.10. The van der Waals surface area contributed by atoms with Crippen LogP contribution >= 0.6 is 0 Å². The van der Waals surface area contributed by atoms with E-state index >= 15 is 0 Å². The van der Waals surface area contributed by atoms with Crippen LogP contribution in [0.25, 0.3) is 0 Å². The van der Waals surface area contributed by atoms with E-state index in [9.17, 15) is 13.7 Å². The van der Waals surface area contributed by atoms with Gasteiger partial charge in [0.2, 0.25) is 0 Å². The van der Waals surface area contributed by atoms with Crippen LogP contribution in [0.4, 0.5) is 34.1 Å². The van der Waals surface area contributed by atoms with Gasteiger partial charge in [0.05, 0.1) is 13.7 Å². The first-order chi connectivity index (χ1) is 28.6. The Labute approximate surface area is 320 Å². The first-order valence-corrected chi connectivity index (χ1v) is 17.4. The number of rotatable bonds is 2. The van der Waals surface area contributed by atoms with Crippen molar-refractivity contribution in [3.63, 3.8) is 0 Å². The van der Waals surface area contributed by atoms with E-state index in [1.165, 1.54) is 9.80 Å². The molecule has 2 aliphatic heterocycles. The molecule has 0 atom stereocenters. The first kappa shape index (κ1) is 21.9. The van der Waals surface area contributed by atoms with Gasteiger partial charge in [0.1, 0.15) is 0 Å². The molecule has 0 saturated carbocycles. The third kappa shape index (κ3) is 5.77. The Morgan fingerprint density at radius 1 is 0.480 bits per heavy atom. The predicted molar refractivity (Wildman–Crippen MR) is 220 cm³/mol. The summed E-state index contributed by atoms with van der Waals surface area (Å²) in [5.41, 5.74) is 0.122. The van der Waals surface area contributed by atoms with Gasteiger partial charge in [-0.2, -0.15) is 0 Å². The molecule has 5 aromatic carbocycles. The molecular weight excluding hydrogens is 603 g/mol. The Bertz CT molecular complexity index is 2560. The number of nitrogens with zero attached hydrogens (tertiary/aromatic N) is 2. The van der Waals surface area contributed by atoms with Crippen LogP contribution in [-0.2, 0) is 21.7 Å². The quantitative estimate of drug-likeness (QED) is 0.169. The van der Waals surface area contributed by atoms with Gasteiger partial charge in [-0.1, -0.05) is 132 Å². The summed E-state index contributed by atoms with van der Waals surface area (Å²) in [6, 6.07) is 7.48. The normalized spacial score (nSPS) is 18.3. The summed E-state index contributed by atoms with van der Waals surface area (Å²) in [5.74, 6) is 0. The SMILES string of the molecule is [2H]c1cc(C(C)(C)C)cc([2H])c1N1c2c(cc(C(C)(C)C)c([2H])c2[2H])B2c3cc(C(C)(C)C)c([2H])c([2H])c3N(c3c([2H])cc(C(C)(C)C)cc3[2H])c3c([2H])c(C([2H])([2H])[2H])c([2H])c1c32. The van der Waals surface area contributed by atoms with Crippen LogP contribution in [0.3, 0.4) is 0 Å². The second-order valence-corrected chi connectivity index (χ2v) is 17.8. The highest BCUT2D eigenvalue weighted by Crippen LogP contribution is 2.46. The second kappa shape index (κ2) is 11.4. The van der Waals surface area contributed by atoms with Gasteiger partial charge < -0.3 is 9.80 Å². The summed E-state index contributed by atoms with van der Waals surface area (Å²) in [4.78, 5) is 2.79. The van der Waals surface area contributed by atoms with Crippen molar-refractivity contribution >= 4 is 57.2 Å². The van der Waals surface area contributed by atoms with Gasteiger partial charge in [0, 0.05) is 38.2 Å². The molecule has 7 rings (SSSR count). The van der Waals surface area contributed by atoms with Gasteiger partial charge in [0.25, 0.3) is 6.71 Å². The van der Waals surface area contributed by atoms with Gasteiger partial charge in [-0.25, -0.2) is 0 Å². The number of hydrogen-bond acceptors (Lipinski definition) is 2. The van der Waals surface area contributed by atoms with Crippen molar-refractivity contribution in [1.82, 2.24) is 0 Å². The molecule has 256 valence electrons. The lowest BCUT2D eigenvalue weighted by atomic mass is 9.33. The van der Waals surface area contributed by atoms with Crippen molar-refractivity contribution in [3.05, 3.63) is 125 Å². The second-order valence-electron chi connectivity index (χ2n) is 17.8. The van der Waals surface area contributed by atoms with Gasteiger partial charge in [-0.05, 0) is 121 Å². The third-order valence-corrected chi connectivity index (χ3v) is 9.83. The summed E-state index contributed by atoms with van der Waals surface area (Å²) >= 11 is 0. The monoisotopic (exact) mass is 672 g/mol. The zero-order valence-corrected chi connectivity index (χ0v) is 31.4. The van der Waals surface area contributed by atoms with E-state index < -0.39 is 52.9 Å². The lowest BCUT2D eigenvalue weighted by molar-refractivity contribution is 0.590. The van der Waals surface area contributed by atoms with Crippen molar-refractivity contribution in [2.24, 2.45) is 0 Å². The summed E-state index contributed by atoms with van der Waals surface area (Å²) in [6.07, 6.45) is 0. The van der Waals surface area contributed by atoms with E-state index in [1.807, 2.05) is 83.1 Å². The van der Waals surface area contributed by atoms with Crippen molar-refractivity contribution in [2.75, 3.05) is 9.80 Å². The van der Waals surface area contributed by atoms with Gasteiger partial charge in [-0.15, -0.1) is 0 Å². The highest BCUT2D eigenvalue weighted by atomic mass is 15.2. The van der Waals surface area contributed by atoms with Crippen molar-refractivity contribution < 1.29 is 17.8 Å². The molecule has 0 unspecified atom stereocenters. The van der Waals surface area contributed by atoms with Crippen LogP contribution < -0.4 is 26.2 Å². The standard InChI is InChI=1S/C47H55BN2/c1-30-26-41-43-42(27-30)50(36-22-16-32(17-23-36)45(5,6)7)40-25-19-34(47(11,12)13)29-38(40)48(43)37-28-33(46(8,9)10)18-24-39(37)49(41)35-20-14-31(15-21-35)44(2,3)4/h14-29H,1-13H3/i1D3,18D,19D,20D,21D,22D,23D,24D,25D,26D,27D. The third-order valence-electron chi connectivity index (χ3n) is 9.83. The maximum Gasteiger partial charge on any atom is 0.252 e. The maximum absolute atomic E-state index is 9.92. The summed E-state index contributed by atoms with van der Waals surface area (Å²) in [7, 11) is 0. The highest BCUT2D eigenvalue weighted by molar-refractivity contribution is 7.00. The fourth-order valence-electron chi connectivity index (χ4n) is 6.70. The zero-order chi connectivity index (χ0) is 47.3. The van der Waals surface area contributed by atoms with Crippen LogP contribution in [0.1, 0.15) is 129 Å². The molecule has 3 heteroatoms.